The molecule has 1 saturated heterocycles. The Balaban J connectivity index is 2.08. The fourth-order valence-corrected chi connectivity index (χ4v) is 2.20. The van der Waals surface area contributed by atoms with E-state index in [1.54, 1.807) is 0 Å². The highest BCUT2D eigenvalue weighted by atomic mass is 79.9. The van der Waals surface area contributed by atoms with Crippen LogP contribution < -0.4 is 4.90 Å². The van der Waals surface area contributed by atoms with Crippen molar-refractivity contribution in [2.75, 3.05) is 31.6 Å². The number of likely N-dealkylation sites (N-methyl/N-ethyl adjacent to an activating group) is 1. The van der Waals surface area contributed by atoms with Crippen LogP contribution in [0.2, 0.25) is 0 Å². The second-order valence-electron chi connectivity index (χ2n) is 4.25. The lowest BCUT2D eigenvalue weighted by atomic mass is 10.2. The van der Waals surface area contributed by atoms with E-state index in [9.17, 15) is 0 Å². The van der Waals surface area contributed by atoms with E-state index < -0.39 is 0 Å². The van der Waals surface area contributed by atoms with Crippen molar-refractivity contribution in [1.29, 1.82) is 0 Å². The zero-order valence-corrected chi connectivity index (χ0v) is 10.9. The molecular formula is C12H17BrN2. The van der Waals surface area contributed by atoms with Crippen LogP contribution in [0.4, 0.5) is 5.69 Å². The molecule has 0 saturated carbocycles. The molecule has 0 amide bonds. The van der Waals surface area contributed by atoms with Gasteiger partial charge in [0.15, 0.2) is 0 Å². The molecule has 1 fully saturated rings. The minimum absolute atomic E-state index is 0.641. The SMILES string of the molecule is CC1CN(c2ccc(Br)cc2)CCN1C. The minimum Gasteiger partial charge on any atom is -0.369 e. The van der Waals surface area contributed by atoms with E-state index in [0.717, 1.165) is 24.1 Å². The first kappa shape index (κ1) is 11.0. The van der Waals surface area contributed by atoms with E-state index in [1.807, 2.05) is 0 Å². The number of benzene rings is 1. The molecule has 82 valence electrons. The topological polar surface area (TPSA) is 6.48 Å². The highest BCUT2D eigenvalue weighted by Gasteiger charge is 2.20. The molecule has 15 heavy (non-hydrogen) atoms. The van der Waals surface area contributed by atoms with Gasteiger partial charge in [-0.25, -0.2) is 0 Å². The van der Waals surface area contributed by atoms with Gasteiger partial charge < -0.3 is 9.80 Å². The molecule has 0 N–H and O–H groups in total. The number of halogens is 1. The molecule has 1 aromatic carbocycles. The van der Waals surface area contributed by atoms with E-state index in [-0.39, 0.29) is 0 Å². The van der Waals surface area contributed by atoms with E-state index in [1.165, 1.54) is 5.69 Å². The molecule has 1 aliphatic rings. The van der Waals surface area contributed by atoms with Gasteiger partial charge in [0.05, 0.1) is 0 Å². The summed E-state index contributed by atoms with van der Waals surface area (Å²) in [4.78, 5) is 4.87. The van der Waals surface area contributed by atoms with Gasteiger partial charge in [0.1, 0.15) is 0 Å². The number of hydrogen-bond donors (Lipinski definition) is 0. The van der Waals surface area contributed by atoms with Gasteiger partial charge >= 0.3 is 0 Å². The van der Waals surface area contributed by atoms with Gasteiger partial charge in [-0.3, -0.25) is 0 Å². The van der Waals surface area contributed by atoms with Crippen LogP contribution in [0.3, 0.4) is 0 Å². The summed E-state index contributed by atoms with van der Waals surface area (Å²) in [5, 5.41) is 0. The highest BCUT2D eigenvalue weighted by Crippen LogP contribution is 2.20. The van der Waals surface area contributed by atoms with Crippen LogP contribution in [0.5, 0.6) is 0 Å². The smallest absolute Gasteiger partial charge is 0.0367 e. The molecule has 0 aromatic heterocycles. The summed E-state index contributed by atoms with van der Waals surface area (Å²) >= 11 is 3.46. The third kappa shape index (κ3) is 2.52. The first-order valence-electron chi connectivity index (χ1n) is 5.37. The number of rotatable bonds is 1. The maximum atomic E-state index is 3.46. The summed E-state index contributed by atoms with van der Waals surface area (Å²) in [5.74, 6) is 0. The lowest BCUT2D eigenvalue weighted by molar-refractivity contribution is 0.234. The molecular weight excluding hydrogens is 252 g/mol. The third-order valence-corrected chi connectivity index (χ3v) is 3.68. The predicted octanol–water partition coefficient (Wildman–Crippen LogP) is 2.59. The molecule has 2 nitrogen and oxygen atoms in total. The Morgan fingerprint density at radius 1 is 1.20 bits per heavy atom. The summed E-state index contributed by atoms with van der Waals surface area (Å²) in [5.41, 5.74) is 1.33. The molecule has 1 heterocycles. The van der Waals surface area contributed by atoms with Gasteiger partial charge in [-0.2, -0.15) is 0 Å². The average Bonchev–Trinajstić information content (AvgIpc) is 2.23. The van der Waals surface area contributed by atoms with Crippen LogP contribution in [0.1, 0.15) is 6.92 Å². The molecule has 1 unspecified atom stereocenters. The van der Waals surface area contributed by atoms with Crippen LogP contribution in [0.15, 0.2) is 28.7 Å². The molecule has 0 radical (unpaired) electrons. The summed E-state index contributed by atoms with van der Waals surface area (Å²) in [6.07, 6.45) is 0. The van der Waals surface area contributed by atoms with Gasteiger partial charge in [0.2, 0.25) is 0 Å². The Bertz CT molecular complexity index is 323. The maximum Gasteiger partial charge on any atom is 0.0367 e. The number of hydrogen-bond acceptors (Lipinski definition) is 2. The van der Waals surface area contributed by atoms with Gasteiger partial charge in [-0.05, 0) is 38.2 Å². The molecule has 1 atom stereocenters. The lowest BCUT2D eigenvalue weighted by Crippen LogP contribution is -2.50. The van der Waals surface area contributed by atoms with Crippen molar-refractivity contribution in [1.82, 2.24) is 4.90 Å². The molecule has 0 spiro atoms. The van der Waals surface area contributed by atoms with Crippen molar-refractivity contribution in [2.45, 2.75) is 13.0 Å². The van der Waals surface area contributed by atoms with Crippen molar-refractivity contribution in [3.63, 3.8) is 0 Å². The van der Waals surface area contributed by atoms with Gasteiger partial charge in [0, 0.05) is 35.8 Å². The normalized spacial score (nSPS) is 23.1. The second-order valence-corrected chi connectivity index (χ2v) is 5.17. The number of piperazine rings is 1. The van der Waals surface area contributed by atoms with E-state index in [2.05, 4.69) is 64.0 Å². The standard InChI is InChI=1S/C12H17BrN2/c1-10-9-15(8-7-14(10)2)12-5-3-11(13)4-6-12/h3-6,10H,7-9H2,1-2H3. The predicted molar refractivity (Wildman–Crippen MR) is 68.4 cm³/mol. The Morgan fingerprint density at radius 3 is 2.47 bits per heavy atom. The molecule has 0 aliphatic carbocycles. The zero-order valence-electron chi connectivity index (χ0n) is 9.28. The van der Waals surface area contributed by atoms with Crippen LogP contribution in [0.25, 0.3) is 0 Å². The first-order chi connectivity index (χ1) is 7.16. The van der Waals surface area contributed by atoms with E-state index in [4.69, 9.17) is 0 Å². The van der Waals surface area contributed by atoms with Crippen molar-refractivity contribution in [3.05, 3.63) is 28.7 Å². The number of nitrogens with zero attached hydrogens (tertiary/aromatic N) is 2. The maximum absolute atomic E-state index is 3.46. The first-order valence-corrected chi connectivity index (χ1v) is 6.17. The Hall–Kier alpha value is -0.540. The second kappa shape index (κ2) is 4.54. The summed E-state index contributed by atoms with van der Waals surface area (Å²) in [6.45, 7) is 5.68. The van der Waals surface area contributed by atoms with Gasteiger partial charge in [-0.1, -0.05) is 15.9 Å². The average molecular weight is 269 g/mol. The van der Waals surface area contributed by atoms with Crippen LogP contribution in [-0.4, -0.2) is 37.6 Å². The summed E-state index contributed by atoms with van der Waals surface area (Å²) < 4.78 is 1.15. The van der Waals surface area contributed by atoms with Gasteiger partial charge in [0.25, 0.3) is 0 Å². The monoisotopic (exact) mass is 268 g/mol. The molecule has 1 aromatic rings. The van der Waals surface area contributed by atoms with Crippen LogP contribution in [-0.2, 0) is 0 Å². The third-order valence-electron chi connectivity index (χ3n) is 3.15. The summed E-state index contributed by atoms with van der Waals surface area (Å²) in [7, 11) is 2.20. The van der Waals surface area contributed by atoms with Crippen molar-refractivity contribution < 1.29 is 0 Å². The minimum atomic E-state index is 0.641. The van der Waals surface area contributed by atoms with Crippen molar-refractivity contribution in [3.8, 4) is 0 Å². The fraction of sp³-hybridized carbons (Fsp3) is 0.500. The Kier molecular flexibility index (Phi) is 3.32. The molecule has 2 rings (SSSR count). The summed E-state index contributed by atoms with van der Waals surface area (Å²) in [6, 6.07) is 9.23. The molecule has 3 heteroatoms. The van der Waals surface area contributed by atoms with Crippen molar-refractivity contribution in [2.24, 2.45) is 0 Å². The largest absolute Gasteiger partial charge is 0.369 e. The number of anilines is 1. The van der Waals surface area contributed by atoms with Crippen molar-refractivity contribution >= 4 is 21.6 Å². The highest BCUT2D eigenvalue weighted by molar-refractivity contribution is 9.10. The fourth-order valence-electron chi connectivity index (χ4n) is 1.93. The van der Waals surface area contributed by atoms with E-state index >= 15 is 0 Å². The van der Waals surface area contributed by atoms with Crippen LogP contribution >= 0.6 is 15.9 Å². The quantitative estimate of drug-likeness (QED) is 0.773. The van der Waals surface area contributed by atoms with Gasteiger partial charge in [-0.15, -0.1) is 0 Å². The zero-order chi connectivity index (χ0) is 10.8. The lowest BCUT2D eigenvalue weighted by Gasteiger charge is -2.39. The Morgan fingerprint density at radius 2 is 1.87 bits per heavy atom. The molecule has 0 bridgehead atoms. The molecule has 1 aliphatic heterocycles. The van der Waals surface area contributed by atoms with Crippen LogP contribution in [0, 0.1) is 0 Å². The van der Waals surface area contributed by atoms with E-state index in [0.29, 0.717) is 6.04 Å². The Labute approximate surface area is 100 Å².